The van der Waals surface area contributed by atoms with Crippen LogP contribution in [0.1, 0.15) is 25.7 Å². The zero-order chi connectivity index (χ0) is 13.9. The van der Waals surface area contributed by atoms with Crippen LogP contribution in [0, 0.1) is 5.41 Å². The van der Waals surface area contributed by atoms with Crippen LogP contribution in [0.2, 0.25) is 0 Å². The Labute approximate surface area is 112 Å². The third-order valence-corrected chi connectivity index (χ3v) is 4.52. The molecular formula is C13H24F3N3. The first kappa shape index (κ1) is 15.1. The fourth-order valence-corrected chi connectivity index (χ4v) is 3.39. The van der Waals surface area contributed by atoms with E-state index in [1.54, 1.807) is 0 Å². The predicted octanol–water partition coefficient (Wildman–Crippen LogP) is 1.69. The second-order valence-corrected chi connectivity index (χ2v) is 6.08. The van der Waals surface area contributed by atoms with E-state index in [9.17, 15) is 13.2 Å². The summed E-state index contributed by atoms with van der Waals surface area (Å²) >= 11 is 0. The second kappa shape index (κ2) is 5.97. The monoisotopic (exact) mass is 279 g/mol. The van der Waals surface area contributed by atoms with Crippen molar-refractivity contribution in [3.8, 4) is 0 Å². The minimum absolute atomic E-state index is 0.228. The molecule has 3 nitrogen and oxygen atoms in total. The van der Waals surface area contributed by atoms with Gasteiger partial charge in [0.1, 0.15) is 0 Å². The molecule has 1 heterocycles. The summed E-state index contributed by atoms with van der Waals surface area (Å²) in [5.74, 6) is 0. The van der Waals surface area contributed by atoms with Crippen LogP contribution in [-0.2, 0) is 0 Å². The van der Waals surface area contributed by atoms with Gasteiger partial charge in [0, 0.05) is 32.7 Å². The van der Waals surface area contributed by atoms with Crippen molar-refractivity contribution in [1.29, 1.82) is 0 Å². The van der Waals surface area contributed by atoms with Crippen LogP contribution in [0.25, 0.3) is 0 Å². The van der Waals surface area contributed by atoms with Gasteiger partial charge in [0.2, 0.25) is 0 Å². The molecule has 0 aromatic carbocycles. The number of piperazine rings is 1. The van der Waals surface area contributed by atoms with Crippen molar-refractivity contribution in [2.45, 2.75) is 31.9 Å². The average Bonchev–Trinajstić information content (AvgIpc) is 2.79. The second-order valence-electron chi connectivity index (χ2n) is 6.08. The van der Waals surface area contributed by atoms with Crippen molar-refractivity contribution in [3.05, 3.63) is 0 Å². The molecular weight excluding hydrogens is 255 g/mol. The van der Waals surface area contributed by atoms with Crippen molar-refractivity contribution in [2.75, 3.05) is 45.8 Å². The third kappa shape index (κ3) is 4.33. The highest BCUT2D eigenvalue weighted by Crippen LogP contribution is 2.38. The fourth-order valence-electron chi connectivity index (χ4n) is 3.39. The van der Waals surface area contributed by atoms with E-state index in [2.05, 4.69) is 4.90 Å². The lowest BCUT2D eigenvalue weighted by Crippen LogP contribution is -2.52. The molecule has 2 N–H and O–H groups in total. The van der Waals surface area contributed by atoms with Gasteiger partial charge in [-0.2, -0.15) is 13.2 Å². The molecule has 0 spiro atoms. The molecule has 6 heteroatoms. The Morgan fingerprint density at radius 2 is 1.47 bits per heavy atom. The van der Waals surface area contributed by atoms with E-state index in [0.717, 1.165) is 19.6 Å². The Kier molecular flexibility index (Phi) is 4.74. The summed E-state index contributed by atoms with van der Waals surface area (Å²) in [4.78, 5) is 3.80. The smallest absolute Gasteiger partial charge is 0.330 e. The van der Waals surface area contributed by atoms with Crippen molar-refractivity contribution in [1.82, 2.24) is 9.80 Å². The maximum Gasteiger partial charge on any atom is 0.401 e. The van der Waals surface area contributed by atoms with E-state index in [1.165, 1.54) is 30.6 Å². The highest BCUT2D eigenvalue weighted by molar-refractivity contribution is 4.89. The van der Waals surface area contributed by atoms with Gasteiger partial charge in [-0.25, -0.2) is 0 Å². The number of hydrogen-bond donors (Lipinski definition) is 1. The Morgan fingerprint density at radius 3 is 1.95 bits per heavy atom. The number of nitrogens with zero attached hydrogens (tertiary/aromatic N) is 2. The molecule has 0 amide bonds. The first-order valence-electron chi connectivity index (χ1n) is 7.14. The van der Waals surface area contributed by atoms with E-state index in [4.69, 9.17) is 5.73 Å². The van der Waals surface area contributed by atoms with Crippen LogP contribution in [0.3, 0.4) is 0 Å². The number of nitrogens with two attached hydrogens (primary N) is 1. The fraction of sp³-hybridized carbons (Fsp3) is 1.00. The minimum atomic E-state index is -4.08. The minimum Gasteiger partial charge on any atom is -0.330 e. The molecule has 0 radical (unpaired) electrons. The number of rotatable bonds is 4. The Morgan fingerprint density at radius 1 is 0.947 bits per heavy atom. The molecule has 2 fully saturated rings. The van der Waals surface area contributed by atoms with Gasteiger partial charge in [-0.15, -0.1) is 0 Å². The van der Waals surface area contributed by atoms with Crippen molar-refractivity contribution in [3.63, 3.8) is 0 Å². The van der Waals surface area contributed by atoms with Crippen LogP contribution >= 0.6 is 0 Å². The van der Waals surface area contributed by atoms with Crippen LogP contribution in [0.4, 0.5) is 13.2 Å². The van der Waals surface area contributed by atoms with E-state index in [1.807, 2.05) is 0 Å². The lowest BCUT2D eigenvalue weighted by atomic mass is 9.85. The van der Waals surface area contributed by atoms with Gasteiger partial charge < -0.3 is 10.6 Å². The van der Waals surface area contributed by atoms with E-state index in [-0.39, 0.29) is 5.41 Å². The molecule has 1 saturated carbocycles. The molecule has 0 atom stereocenters. The maximum absolute atomic E-state index is 12.3. The summed E-state index contributed by atoms with van der Waals surface area (Å²) in [6.07, 6.45) is 0.751. The SMILES string of the molecule is NCC1(CN2CCN(CC(F)(F)F)CC2)CCCC1. The molecule has 2 aliphatic rings. The van der Waals surface area contributed by atoms with Crippen molar-refractivity contribution >= 4 is 0 Å². The highest BCUT2D eigenvalue weighted by atomic mass is 19.4. The molecule has 1 saturated heterocycles. The van der Waals surface area contributed by atoms with Crippen molar-refractivity contribution < 1.29 is 13.2 Å². The van der Waals surface area contributed by atoms with Crippen LogP contribution in [0.15, 0.2) is 0 Å². The Hall–Kier alpha value is -0.330. The van der Waals surface area contributed by atoms with E-state index in [0.29, 0.717) is 19.6 Å². The van der Waals surface area contributed by atoms with Gasteiger partial charge in [-0.1, -0.05) is 12.8 Å². The molecule has 0 unspecified atom stereocenters. The number of alkyl halides is 3. The molecule has 1 aliphatic carbocycles. The lowest BCUT2D eigenvalue weighted by molar-refractivity contribution is -0.149. The van der Waals surface area contributed by atoms with Gasteiger partial charge in [0.25, 0.3) is 0 Å². The molecule has 2 rings (SSSR count). The normalized spacial score (nSPS) is 25.9. The first-order chi connectivity index (χ1) is 8.92. The number of hydrogen-bond acceptors (Lipinski definition) is 3. The first-order valence-corrected chi connectivity index (χ1v) is 7.14. The van der Waals surface area contributed by atoms with Gasteiger partial charge >= 0.3 is 6.18 Å². The standard InChI is InChI=1S/C13H24F3N3/c14-13(15,16)11-19-7-5-18(6-8-19)10-12(9-17)3-1-2-4-12/h1-11,17H2. The van der Waals surface area contributed by atoms with E-state index < -0.39 is 12.7 Å². The van der Waals surface area contributed by atoms with Gasteiger partial charge in [0.15, 0.2) is 0 Å². The molecule has 1 aliphatic heterocycles. The summed E-state index contributed by atoms with van der Waals surface area (Å²) in [5.41, 5.74) is 6.14. The summed E-state index contributed by atoms with van der Waals surface area (Å²) in [7, 11) is 0. The van der Waals surface area contributed by atoms with E-state index >= 15 is 0 Å². The lowest BCUT2D eigenvalue weighted by Gasteiger charge is -2.40. The average molecular weight is 279 g/mol. The van der Waals surface area contributed by atoms with Gasteiger partial charge in [-0.05, 0) is 24.8 Å². The highest BCUT2D eigenvalue weighted by Gasteiger charge is 2.36. The number of halogens is 3. The maximum atomic E-state index is 12.3. The Balaban J connectivity index is 1.77. The summed E-state index contributed by atoms with van der Waals surface area (Å²) in [6.45, 7) is 3.39. The summed E-state index contributed by atoms with van der Waals surface area (Å²) < 4.78 is 36.9. The Bertz CT molecular complexity index is 279. The third-order valence-electron chi connectivity index (χ3n) is 4.52. The molecule has 0 bridgehead atoms. The predicted molar refractivity (Wildman–Crippen MR) is 68.9 cm³/mol. The van der Waals surface area contributed by atoms with Crippen LogP contribution in [-0.4, -0.2) is 61.8 Å². The quantitative estimate of drug-likeness (QED) is 0.850. The summed E-state index contributed by atoms with van der Waals surface area (Å²) in [5, 5.41) is 0. The van der Waals surface area contributed by atoms with Crippen molar-refractivity contribution in [2.24, 2.45) is 11.1 Å². The zero-order valence-electron chi connectivity index (χ0n) is 11.4. The topological polar surface area (TPSA) is 32.5 Å². The largest absolute Gasteiger partial charge is 0.401 e. The van der Waals surface area contributed by atoms with Crippen LogP contribution in [0.5, 0.6) is 0 Å². The van der Waals surface area contributed by atoms with Gasteiger partial charge in [0.05, 0.1) is 6.54 Å². The molecule has 19 heavy (non-hydrogen) atoms. The molecule has 112 valence electrons. The molecule has 0 aromatic rings. The van der Waals surface area contributed by atoms with Gasteiger partial charge in [-0.3, -0.25) is 4.90 Å². The zero-order valence-corrected chi connectivity index (χ0v) is 11.4. The van der Waals surface area contributed by atoms with Crippen LogP contribution < -0.4 is 5.73 Å². The summed E-state index contributed by atoms with van der Waals surface area (Å²) in [6, 6.07) is 0. The molecule has 0 aromatic heterocycles.